The van der Waals surface area contributed by atoms with E-state index in [1.54, 1.807) is 44.5 Å². The molecule has 5 rings (SSSR count). The van der Waals surface area contributed by atoms with E-state index in [0.717, 1.165) is 7.25 Å². The van der Waals surface area contributed by atoms with Crippen LogP contribution in [0.3, 0.4) is 0 Å². The van der Waals surface area contributed by atoms with Gasteiger partial charge in [-0.3, -0.25) is 0 Å². The number of fused-ring (bicyclic) bond motifs is 8. The van der Waals surface area contributed by atoms with Gasteiger partial charge in [-0.05, 0) is 0 Å². The Hall–Kier alpha value is -0.617. The van der Waals surface area contributed by atoms with Crippen LogP contribution in [0.15, 0.2) is 47.5 Å². The van der Waals surface area contributed by atoms with Crippen LogP contribution in [0.1, 0.15) is 68.3 Å². The molecule has 0 saturated heterocycles. The molecule has 0 radical (unpaired) electrons. The van der Waals surface area contributed by atoms with Crippen LogP contribution in [0.2, 0.25) is 0 Å². The number of rotatable bonds is 0. The van der Waals surface area contributed by atoms with E-state index in [1.165, 1.54) is 11.1 Å². The number of aryl methyl sites for hydroxylation is 2. The first-order valence-electron chi connectivity index (χ1n) is 9.72. The second-order valence-electron chi connectivity index (χ2n) is 8.85. The van der Waals surface area contributed by atoms with Gasteiger partial charge < -0.3 is 24.8 Å². The van der Waals surface area contributed by atoms with E-state index in [4.69, 9.17) is 0 Å². The van der Waals surface area contributed by atoms with E-state index >= 15 is 0 Å². The first-order chi connectivity index (χ1) is 12.3. The molecule has 4 bridgehead atoms. The van der Waals surface area contributed by atoms with Crippen LogP contribution in [0.25, 0.3) is 11.1 Å². The van der Waals surface area contributed by atoms with Crippen LogP contribution < -0.4 is 24.8 Å². The van der Waals surface area contributed by atoms with E-state index in [-0.39, 0.29) is 30.2 Å². The predicted octanol–water partition coefficient (Wildman–Crippen LogP) is 0.790. The summed E-state index contributed by atoms with van der Waals surface area (Å²) in [5, 5.41) is 0. The third-order valence-electron chi connectivity index (χ3n) is 6.97. The van der Waals surface area contributed by atoms with Crippen molar-refractivity contribution in [1.29, 1.82) is 0 Å². The van der Waals surface area contributed by atoms with Crippen molar-refractivity contribution in [2.45, 2.75) is 48.8 Å². The van der Waals surface area contributed by atoms with Gasteiger partial charge in [0.25, 0.3) is 0 Å². The molecule has 0 saturated carbocycles. The van der Waals surface area contributed by atoms with Gasteiger partial charge in [-0.25, -0.2) is 0 Å². The third-order valence-corrected chi connectivity index (χ3v) is 12.3. The quantitative estimate of drug-likeness (QED) is 0.515. The molecule has 2 unspecified atom stereocenters. The van der Waals surface area contributed by atoms with E-state index in [0.29, 0.717) is 0 Å². The summed E-state index contributed by atoms with van der Waals surface area (Å²) in [5.41, 5.74) is 16.1. The molecule has 0 nitrogen and oxygen atoms in total. The zero-order valence-electron chi connectivity index (χ0n) is 17.4. The summed E-state index contributed by atoms with van der Waals surface area (Å²) in [6.07, 6.45) is 0. The van der Waals surface area contributed by atoms with E-state index in [1.807, 2.05) is 0 Å². The molecule has 2 aromatic carbocycles. The summed E-state index contributed by atoms with van der Waals surface area (Å²) in [6, 6.07) is 14.0. The van der Waals surface area contributed by atoms with Gasteiger partial charge >= 0.3 is 170 Å². The molecule has 1 heterocycles. The fourth-order valence-corrected chi connectivity index (χ4v) is 10.8. The first kappa shape index (κ1) is 22.1. The minimum absolute atomic E-state index is 0. The second kappa shape index (κ2) is 7.26. The molecule has 3 aliphatic rings. The van der Waals surface area contributed by atoms with Gasteiger partial charge in [0.15, 0.2) is 0 Å². The predicted molar refractivity (Wildman–Crippen MR) is 107 cm³/mol. The second-order valence-corrected chi connectivity index (χ2v) is 12.5. The van der Waals surface area contributed by atoms with Crippen molar-refractivity contribution in [3.63, 3.8) is 0 Å². The van der Waals surface area contributed by atoms with E-state index in [9.17, 15) is 0 Å². The number of hydrogen-bond donors (Lipinski definition) is 0. The zero-order chi connectivity index (χ0) is 18.4. The Morgan fingerprint density at radius 3 is 1.46 bits per heavy atom. The summed E-state index contributed by atoms with van der Waals surface area (Å²) in [6.45, 7) is 14.5. The Labute approximate surface area is 193 Å². The van der Waals surface area contributed by atoms with E-state index in [2.05, 4.69) is 77.9 Å². The van der Waals surface area contributed by atoms with Gasteiger partial charge in [-0.15, -0.1) is 0 Å². The standard InChI is InChI=1S/C25H26.2ClH.Zr/c1-15-9-7-11-19-13-17(3)23(21(15)19)25(5,6)24-18(4)14-20-12-8-10-16(2)22(20)24;;;/h7-14H,1-6H3;2*1H;/q;;;+2/p-2. The normalized spacial score (nSPS) is 22.8. The van der Waals surface area contributed by atoms with Gasteiger partial charge in [0.05, 0.1) is 0 Å². The molecule has 3 heteroatoms. The van der Waals surface area contributed by atoms with Gasteiger partial charge in [-0.2, -0.15) is 0 Å². The molecular weight excluding hydrogens is 462 g/mol. The summed E-state index contributed by atoms with van der Waals surface area (Å²) >= 11 is -0.696. The maximum Gasteiger partial charge on any atom is -1.00 e. The summed E-state index contributed by atoms with van der Waals surface area (Å²) in [7, 11) is 0. The number of halogens is 2. The van der Waals surface area contributed by atoms with Gasteiger partial charge in [-0.1, -0.05) is 0 Å². The molecule has 0 N–H and O–H groups in total. The molecule has 0 fully saturated rings. The van der Waals surface area contributed by atoms with Crippen LogP contribution in [-0.2, 0) is 23.2 Å². The largest absolute Gasteiger partial charge is 1.00 e. The smallest absolute Gasteiger partial charge is 1.00 e. The topological polar surface area (TPSA) is 0 Å². The van der Waals surface area contributed by atoms with Crippen LogP contribution in [-0.4, -0.2) is 0 Å². The van der Waals surface area contributed by atoms with Crippen molar-refractivity contribution < 1.29 is 48.0 Å². The van der Waals surface area contributed by atoms with Crippen molar-refractivity contribution in [2.75, 3.05) is 0 Å². The Bertz CT molecular complexity index is 961. The molecule has 2 aromatic rings. The summed E-state index contributed by atoms with van der Waals surface area (Å²) < 4.78 is 1.46. The zero-order valence-corrected chi connectivity index (χ0v) is 21.3. The van der Waals surface area contributed by atoms with E-state index < -0.39 is 23.2 Å². The van der Waals surface area contributed by atoms with Crippen LogP contribution in [0.4, 0.5) is 0 Å². The Morgan fingerprint density at radius 2 is 1.07 bits per heavy atom. The molecule has 2 aliphatic carbocycles. The molecule has 2 atom stereocenters. The Kier molecular flexibility index (Phi) is 5.73. The number of benzene rings is 2. The SMILES string of the molecule is CC1=C2c3c(C)cccc3[CH]1[Zr+2][CH]1C(C)=C(c3c(C)cccc31)C2(C)C.[Cl-].[Cl-]. The number of allylic oxidation sites excluding steroid dienone is 4. The third kappa shape index (κ3) is 2.66. The molecule has 0 spiro atoms. The molecule has 1 aliphatic heterocycles. The molecule has 0 amide bonds. The average molecular weight is 489 g/mol. The monoisotopic (exact) mass is 486 g/mol. The van der Waals surface area contributed by atoms with Crippen LogP contribution in [0.5, 0.6) is 0 Å². The van der Waals surface area contributed by atoms with Crippen molar-refractivity contribution in [1.82, 2.24) is 0 Å². The van der Waals surface area contributed by atoms with Crippen molar-refractivity contribution in [2.24, 2.45) is 5.41 Å². The Morgan fingerprint density at radius 1 is 0.679 bits per heavy atom. The first-order valence-corrected chi connectivity index (χ1v) is 12.6. The molecular formula is C25H26Cl2Zr. The van der Waals surface area contributed by atoms with Crippen molar-refractivity contribution in [3.8, 4) is 0 Å². The van der Waals surface area contributed by atoms with Gasteiger partial charge in [0, 0.05) is 0 Å². The maximum atomic E-state index is 2.48. The number of hydrogen-bond acceptors (Lipinski definition) is 0. The minimum Gasteiger partial charge on any atom is -1.00 e. The fourth-order valence-electron chi connectivity index (χ4n) is 6.03. The molecule has 28 heavy (non-hydrogen) atoms. The Balaban J connectivity index is 0.00000112. The average Bonchev–Trinajstić information content (AvgIpc) is 3.05. The van der Waals surface area contributed by atoms with Gasteiger partial charge in [0.1, 0.15) is 0 Å². The summed E-state index contributed by atoms with van der Waals surface area (Å²) in [4.78, 5) is 0. The molecule has 144 valence electrons. The van der Waals surface area contributed by atoms with Crippen LogP contribution in [0, 0.1) is 19.3 Å². The minimum atomic E-state index is -0.696. The van der Waals surface area contributed by atoms with Crippen LogP contribution >= 0.6 is 0 Å². The maximum absolute atomic E-state index is 2.48. The van der Waals surface area contributed by atoms with Crippen molar-refractivity contribution >= 4 is 11.1 Å². The summed E-state index contributed by atoms with van der Waals surface area (Å²) in [5.74, 6) is 0. The van der Waals surface area contributed by atoms with Crippen molar-refractivity contribution in [3.05, 3.63) is 80.9 Å². The van der Waals surface area contributed by atoms with Gasteiger partial charge in [0.2, 0.25) is 0 Å². The molecule has 0 aromatic heterocycles. The fraction of sp³-hybridized carbons (Fsp3) is 0.360.